The molecule has 0 radical (unpaired) electrons. The number of nitrogen functional groups attached to an aromatic ring is 1. The first-order valence-corrected chi connectivity index (χ1v) is 4.99. The van der Waals surface area contributed by atoms with E-state index in [1.807, 2.05) is 36.4 Å². The Labute approximate surface area is 92.1 Å². The van der Waals surface area contributed by atoms with Gasteiger partial charge in [-0.3, -0.25) is 10.1 Å². The molecule has 78 valence electrons. The minimum atomic E-state index is 0.488. The molecule has 4 nitrogen and oxygen atoms in total. The van der Waals surface area contributed by atoms with Crippen LogP contribution in [0.1, 0.15) is 0 Å². The SMILES string of the molecule is Nc1n[nH]c2cc(-c3ccccc3)ncc12. The Bertz CT molecular complexity index is 628. The van der Waals surface area contributed by atoms with E-state index in [1.54, 1.807) is 6.20 Å². The average molecular weight is 210 g/mol. The van der Waals surface area contributed by atoms with E-state index in [-0.39, 0.29) is 0 Å². The summed E-state index contributed by atoms with van der Waals surface area (Å²) in [5.41, 5.74) is 8.59. The molecule has 0 unspecified atom stereocenters. The van der Waals surface area contributed by atoms with Gasteiger partial charge in [-0.2, -0.15) is 5.10 Å². The fourth-order valence-corrected chi connectivity index (χ4v) is 1.70. The van der Waals surface area contributed by atoms with Crippen molar-refractivity contribution >= 4 is 16.7 Å². The fourth-order valence-electron chi connectivity index (χ4n) is 1.70. The molecule has 3 N–H and O–H groups in total. The summed E-state index contributed by atoms with van der Waals surface area (Å²) in [6, 6.07) is 12.0. The monoisotopic (exact) mass is 210 g/mol. The van der Waals surface area contributed by atoms with Gasteiger partial charge in [0.1, 0.15) is 0 Å². The van der Waals surface area contributed by atoms with E-state index in [1.165, 1.54) is 0 Å². The van der Waals surface area contributed by atoms with Crippen molar-refractivity contribution in [2.45, 2.75) is 0 Å². The molecule has 0 amide bonds. The summed E-state index contributed by atoms with van der Waals surface area (Å²) in [5, 5.41) is 7.69. The lowest BCUT2D eigenvalue weighted by atomic mass is 10.1. The molecule has 2 aromatic heterocycles. The molecule has 0 fully saturated rings. The van der Waals surface area contributed by atoms with Gasteiger partial charge in [-0.05, 0) is 6.07 Å². The molecule has 3 rings (SSSR count). The highest BCUT2D eigenvalue weighted by Crippen LogP contribution is 2.22. The zero-order valence-electron chi connectivity index (χ0n) is 8.51. The summed E-state index contributed by atoms with van der Waals surface area (Å²) >= 11 is 0. The Morgan fingerprint density at radius 3 is 2.75 bits per heavy atom. The first-order valence-electron chi connectivity index (χ1n) is 4.99. The van der Waals surface area contributed by atoms with E-state index in [9.17, 15) is 0 Å². The molecule has 0 aliphatic rings. The van der Waals surface area contributed by atoms with Crippen LogP contribution >= 0.6 is 0 Å². The number of hydrogen-bond donors (Lipinski definition) is 2. The smallest absolute Gasteiger partial charge is 0.154 e. The van der Waals surface area contributed by atoms with E-state index in [0.717, 1.165) is 22.2 Å². The van der Waals surface area contributed by atoms with E-state index in [0.29, 0.717) is 5.82 Å². The molecule has 3 aromatic rings. The van der Waals surface area contributed by atoms with Gasteiger partial charge in [-0.15, -0.1) is 0 Å². The molecular weight excluding hydrogens is 200 g/mol. The van der Waals surface area contributed by atoms with Gasteiger partial charge in [0, 0.05) is 11.8 Å². The average Bonchev–Trinajstić information content (AvgIpc) is 2.72. The number of pyridine rings is 1. The summed E-state index contributed by atoms with van der Waals surface area (Å²) < 4.78 is 0. The Hall–Kier alpha value is -2.36. The molecule has 0 aliphatic heterocycles. The predicted molar refractivity (Wildman–Crippen MR) is 63.7 cm³/mol. The van der Waals surface area contributed by atoms with Crippen LogP contribution in [0.3, 0.4) is 0 Å². The maximum atomic E-state index is 5.68. The van der Waals surface area contributed by atoms with Crippen molar-refractivity contribution in [1.82, 2.24) is 15.2 Å². The van der Waals surface area contributed by atoms with E-state index >= 15 is 0 Å². The fraction of sp³-hybridized carbons (Fsp3) is 0. The summed E-state index contributed by atoms with van der Waals surface area (Å²) in [6.45, 7) is 0. The van der Waals surface area contributed by atoms with Gasteiger partial charge in [0.15, 0.2) is 5.82 Å². The van der Waals surface area contributed by atoms with Gasteiger partial charge in [0.25, 0.3) is 0 Å². The standard InChI is InChI=1S/C12H10N4/c13-12-9-7-14-10(6-11(9)15-16-12)8-4-2-1-3-5-8/h1-7H,(H3,13,15,16). The second-order valence-electron chi connectivity index (χ2n) is 3.59. The van der Waals surface area contributed by atoms with E-state index in [2.05, 4.69) is 15.2 Å². The Morgan fingerprint density at radius 2 is 1.94 bits per heavy atom. The molecule has 2 heterocycles. The molecule has 1 aromatic carbocycles. The number of fused-ring (bicyclic) bond motifs is 1. The number of aromatic nitrogens is 3. The molecule has 0 atom stereocenters. The quantitative estimate of drug-likeness (QED) is 0.647. The third kappa shape index (κ3) is 1.32. The number of anilines is 1. The normalized spacial score (nSPS) is 10.8. The number of rotatable bonds is 1. The van der Waals surface area contributed by atoms with Gasteiger partial charge >= 0.3 is 0 Å². The Kier molecular flexibility index (Phi) is 1.86. The van der Waals surface area contributed by atoms with Crippen molar-refractivity contribution in [3.05, 3.63) is 42.6 Å². The van der Waals surface area contributed by atoms with Crippen LogP contribution in [0.4, 0.5) is 5.82 Å². The van der Waals surface area contributed by atoms with Crippen molar-refractivity contribution in [3.63, 3.8) is 0 Å². The van der Waals surface area contributed by atoms with Crippen LogP contribution in [0.5, 0.6) is 0 Å². The van der Waals surface area contributed by atoms with Crippen molar-refractivity contribution < 1.29 is 0 Å². The van der Waals surface area contributed by atoms with Crippen molar-refractivity contribution in [3.8, 4) is 11.3 Å². The third-order valence-corrected chi connectivity index (χ3v) is 2.55. The van der Waals surface area contributed by atoms with Gasteiger partial charge in [0.2, 0.25) is 0 Å². The molecule has 4 heteroatoms. The van der Waals surface area contributed by atoms with Crippen LogP contribution < -0.4 is 5.73 Å². The van der Waals surface area contributed by atoms with E-state index in [4.69, 9.17) is 5.73 Å². The summed E-state index contributed by atoms with van der Waals surface area (Å²) in [6.07, 6.45) is 1.75. The lowest BCUT2D eigenvalue weighted by Gasteiger charge is -1.99. The van der Waals surface area contributed by atoms with Crippen LogP contribution in [0.2, 0.25) is 0 Å². The zero-order valence-corrected chi connectivity index (χ0v) is 8.51. The van der Waals surface area contributed by atoms with Gasteiger partial charge in [-0.25, -0.2) is 0 Å². The summed E-state index contributed by atoms with van der Waals surface area (Å²) in [4.78, 5) is 4.37. The van der Waals surface area contributed by atoms with Crippen molar-refractivity contribution in [1.29, 1.82) is 0 Å². The highest BCUT2D eigenvalue weighted by atomic mass is 15.2. The summed E-state index contributed by atoms with van der Waals surface area (Å²) in [5.74, 6) is 0.488. The number of benzene rings is 1. The lowest BCUT2D eigenvalue weighted by molar-refractivity contribution is 1.13. The maximum absolute atomic E-state index is 5.68. The van der Waals surface area contributed by atoms with Gasteiger partial charge < -0.3 is 5.73 Å². The number of hydrogen-bond acceptors (Lipinski definition) is 3. The van der Waals surface area contributed by atoms with Gasteiger partial charge in [-0.1, -0.05) is 30.3 Å². The molecule has 0 bridgehead atoms. The molecule has 0 saturated carbocycles. The maximum Gasteiger partial charge on any atom is 0.154 e. The number of nitrogens with two attached hydrogens (primary N) is 1. The third-order valence-electron chi connectivity index (χ3n) is 2.55. The minimum absolute atomic E-state index is 0.488. The highest BCUT2D eigenvalue weighted by molar-refractivity contribution is 5.89. The second kappa shape index (κ2) is 3.34. The zero-order chi connectivity index (χ0) is 11.0. The molecule has 0 spiro atoms. The molecule has 16 heavy (non-hydrogen) atoms. The van der Waals surface area contributed by atoms with Crippen LogP contribution in [0.25, 0.3) is 22.2 Å². The number of nitrogens with zero attached hydrogens (tertiary/aromatic N) is 2. The van der Waals surface area contributed by atoms with Crippen LogP contribution in [-0.4, -0.2) is 15.2 Å². The highest BCUT2D eigenvalue weighted by Gasteiger charge is 2.04. The Morgan fingerprint density at radius 1 is 1.12 bits per heavy atom. The summed E-state index contributed by atoms with van der Waals surface area (Å²) in [7, 11) is 0. The first kappa shape index (κ1) is 8.91. The number of H-pyrrole nitrogens is 1. The number of nitrogens with one attached hydrogen (secondary N) is 1. The van der Waals surface area contributed by atoms with Crippen LogP contribution in [-0.2, 0) is 0 Å². The molecule has 0 saturated heterocycles. The predicted octanol–water partition coefficient (Wildman–Crippen LogP) is 2.21. The van der Waals surface area contributed by atoms with Crippen molar-refractivity contribution in [2.24, 2.45) is 0 Å². The first-order chi connectivity index (χ1) is 7.84. The van der Waals surface area contributed by atoms with E-state index < -0.39 is 0 Å². The van der Waals surface area contributed by atoms with Gasteiger partial charge in [0.05, 0.1) is 16.6 Å². The van der Waals surface area contributed by atoms with Crippen LogP contribution in [0, 0.1) is 0 Å². The largest absolute Gasteiger partial charge is 0.382 e. The minimum Gasteiger partial charge on any atom is -0.382 e. The molecule has 0 aliphatic carbocycles. The topological polar surface area (TPSA) is 67.6 Å². The van der Waals surface area contributed by atoms with Crippen LogP contribution in [0.15, 0.2) is 42.6 Å². The lowest BCUT2D eigenvalue weighted by Crippen LogP contribution is -1.85. The van der Waals surface area contributed by atoms with Crippen molar-refractivity contribution in [2.75, 3.05) is 5.73 Å². The number of aromatic amines is 1. The Balaban J connectivity index is 2.19. The molecular formula is C12H10N4. The second-order valence-corrected chi connectivity index (χ2v) is 3.59.